The standard InChI is InChI=1S/C35H62O2/c1-7-8-9-10-14-33(36)37-24-27(4)25(2)15-16-26(3)30-19-20-31-29-18-17-28-13-11-12-22-34(28,5)32(29)21-23-35(30,31)6/h25-32H,7-24H2,1-6H3/t25-,26+,27?,28?,29-,30+,31-,32-,34-,35+/m0/s1. The molecular formula is C35H62O2. The molecule has 0 heterocycles. The maximum atomic E-state index is 12.1. The van der Waals surface area contributed by atoms with Crippen LogP contribution in [0.2, 0.25) is 0 Å². The van der Waals surface area contributed by atoms with Gasteiger partial charge in [-0.05, 0) is 116 Å². The predicted molar refractivity (Wildman–Crippen MR) is 156 cm³/mol. The summed E-state index contributed by atoms with van der Waals surface area (Å²) in [5, 5.41) is 0. The summed E-state index contributed by atoms with van der Waals surface area (Å²) in [4.78, 5) is 12.1. The van der Waals surface area contributed by atoms with E-state index in [1.807, 2.05) is 0 Å². The van der Waals surface area contributed by atoms with E-state index >= 15 is 0 Å². The van der Waals surface area contributed by atoms with Gasteiger partial charge in [0.25, 0.3) is 0 Å². The van der Waals surface area contributed by atoms with Crippen molar-refractivity contribution in [2.75, 3.05) is 6.61 Å². The Morgan fingerprint density at radius 3 is 2.38 bits per heavy atom. The molecule has 10 atom stereocenters. The van der Waals surface area contributed by atoms with Gasteiger partial charge in [-0.15, -0.1) is 0 Å². The quantitative estimate of drug-likeness (QED) is 0.191. The average Bonchev–Trinajstić information content (AvgIpc) is 3.25. The zero-order valence-electron chi connectivity index (χ0n) is 25.7. The molecule has 0 aliphatic heterocycles. The van der Waals surface area contributed by atoms with E-state index in [2.05, 4.69) is 41.5 Å². The summed E-state index contributed by atoms with van der Waals surface area (Å²) >= 11 is 0. The summed E-state index contributed by atoms with van der Waals surface area (Å²) in [5.41, 5.74) is 1.25. The Kier molecular flexibility index (Phi) is 10.2. The number of hydrogen-bond acceptors (Lipinski definition) is 2. The zero-order chi connectivity index (χ0) is 26.6. The van der Waals surface area contributed by atoms with Gasteiger partial charge in [0.2, 0.25) is 0 Å². The molecule has 4 aliphatic carbocycles. The Balaban J connectivity index is 1.25. The smallest absolute Gasteiger partial charge is 0.305 e. The van der Waals surface area contributed by atoms with Crippen molar-refractivity contribution in [2.24, 2.45) is 58.2 Å². The lowest BCUT2D eigenvalue weighted by Gasteiger charge is -2.61. The van der Waals surface area contributed by atoms with E-state index in [0.29, 0.717) is 35.7 Å². The van der Waals surface area contributed by atoms with Gasteiger partial charge in [0, 0.05) is 6.42 Å². The van der Waals surface area contributed by atoms with Gasteiger partial charge in [-0.1, -0.05) is 86.5 Å². The molecule has 0 aromatic carbocycles. The molecule has 4 rings (SSSR count). The van der Waals surface area contributed by atoms with Crippen LogP contribution in [0.1, 0.15) is 151 Å². The Labute approximate surface area is 230 Å². The highest BCUT2D eigenvalue weighted by molar-refractivity contribution is 5.69. The minimum atomic E-state index is 0.0140. The van der Waals surface area contributed by atoms with Crippen LogP contribution in [-0.4, -0.2) is 12.6 Å². The molecule has 4 aliphatic rings. The first-order valence-electron chi connectivity index (χ1n) is 16.9. The van der Waals surface area contributed by atoms with Crippen molar-refractivity contribution < 1.29 is 9.53 Å². The summed E-state index contributed by atoms with van der Waals surface area (Å²) in [6.45, 7) is 15.5. The summed E-state index contributed by atoms with van der Waals surface area (Å²) in [7, 11) is 0. The van der Waals surface area contributed by atoms with Crippen LogP contribution in [0.4, 0.5) is 0 Å². The van der Waals surface area contributed by atoms with Crippen LogP contribution in [0.25, 0.3) is 0 Å². The number of ether oxygens (including phenoxy) is 1. The highest BCUT2D eigenvalue weighted by Crippen LogP contribution is 2.68. The molecule has 0 radical (unpaired) electrons. The first-order valence-corrected chi connectivity index (χ1v) is 16.9. The maximum Gasteiger partial charge on any atom is 0.305 e. The van der Waals surface area contributed by atoms with Crippen molar-refractivity contribution in [1.29, 1.82) is 0 Å². The van der Waals surface area contributed by atoms with E-state index in [1.54, 1.807) is 0 Å². The van der Waals surface area contributed by atoms with Crippen LogP contribution in [0.3, 0.4) is 0 Å². The molecule has 214 valence electrons. The van der Waals surface area contributed by atoms with Crippen molar-refractivity contribution in [3.8, 4) is 0 Å². The van der Waals surface area contributed by atoms with Gasteiger partial charge in [-0.3, -0.25) is 4.79 Å². The monoisotopic (exact) mass is 514 g/mol. The van der Waals surface area contributed by atoms with E-state index < -0.39 is 0 Å². The molecule has 2 heteroatoms. The fourth-order valence-corrected chi connectivity index (χ4v) is 10.4. The van der Waals surface area contributed by atoms with Crippen molar-refractivity contribution in [3.63, 3.8) is 0 Å². The number of hydrogen-bond donors (Lipinski definition) is 0. The van der Waals surface area contributed by atoms with Crippen molar-refractivity contribution in [3.05, 3.63) is 0 Å². The second kappa shape index (κ2) is 12.8. The van der Waals surface area contributed by atoms with Gasteiger partial charge < -0.3 is 4.74 Å². The molecule has 0 bridgehead atoms. The fourth-order valence-electron chi connectivity index (χ4n) is 10.4. The van der Waals surface area contributed by atoms with Crippen LogP contribution in [0, 0.1) is 58.2 Å². The third kappa shape index (κ3) is 6.29. The van der Waals surface area contributed by atoms with E-state index in [9.17, 15) is 4.79 Å². The average molecular weight is 515 g/mol. The Morgan fingerprint density at radius 2 is 1.59 bits per heavy atom. The summed E-state index contributed by atoms with van der Waals surface area (Å²) in [5.74, 6) is 6.90. The van der Waals surface area contributed by atoms with E-state index in [0.717, 1.165) is 48.3 Å². The van der Waals surface area contributed by atoms with Gasteiger partial charge in [-0.2, -0.15) is 0 Å². The first-order chi connectivity index (χ1) is 17.7. The third-order valence-electron chi connectivity index (χ3n) is 13.1. The first kappa shape index (κ1) is 29.5. The van der Waals surface area contributed by atoms with Crippen LogP contribution in [0.15, 0.2) is 0 Å². The summed E-state index contributed by atoms with van der Waals surface area (Å²) < 4.78 is 5.66. The van der Waals surface area contributed by atoms with Crippen LogP contribution in [-0.2, 0) is 9.53 Å². The van der Waals surface area contributed by atoms with Gasteiger partial charge in [0.05, 0.1) is 6.61 Å². The lowest BCUT2D eigenvalue weighted by atomic mass is 9.44. The molecule has 0 amide bonds. The topological polar surface area (TPSA) is 26.3 Å². The second-order valence-corrected chi connectivity index (χ2v) is 15.1. The van der Waals surface area contributed by atoms with Gasteiger partial charge in [0.15, 0.2) is 0 Å². The Hall–Kier alpha value is -0.530. The SMILES string of the molecule is CCCCCCC(=O)OCC(C)[C@@H](C)CC[C@@H](C)[C@H]1CC[C@H]2[C@@H]3CCC4CCCC[C@]4(C)[C@H]3CC[C@]12C. The number of carbonyl (C=O) groups is 1. The van der Waals surface area contributed by atoms with E-state index in [4.69, 9.17) is 4.74 Å². The summed E-state index contributed by atoms with van der Waals surface area (Å²) in [6, 6.07) is 0. The van der Waals surface area contributed by atoms with E-state index in [-0.39, 0.29) is 5.97 Å². The summed E-state index contributed by atoms with van der Waals surface area (Å²) in [6.07, 6.45) is 22.9. The van der Waals surface area contributed by atoms with Crippen LogP contribution >= 0.6 is 0 Å². The predicted octanol–water partition coefficient (Wildman–Crippen LogP) is 10.2. The zero-order valence-corrected chi connectivity index (χ0v) is 25.7. The lowest BCUT2D eigenvalue weighted by molar-refractivity contribution is -0.145. The van der Waals surface area contributed by atoms with Crippen LogP contribution in [0.5, 0.6) is 0 Å². The second-order valence-electron chi connectivity index (χ2n) is 15.1. The van der Waals surface area contributed by atoms with Crippen LogP contribution < -0.4 is 0 Å². The van der Waals surface area contributed by atoms with Crippen molar-refractivity contribution in [2.45, 2.75) is 151 Å². The molecule has 0 aromatic heterocycles. The highest BCUT2D eigenvalue weighted by Gasteiger charge is 2.60. The minimum absolute atomic E-state index is 0.0140. The van der Waals surface area contributed by atoms with E-state index in [1.165, 1.54) is 89.9 Å². The maximum absolute atomic E-state index is 12.1. The number of esters is 1. The number of unbranched alkanes of at least 4 members (excludes halogenated alkanes) is 3. The third-order valence-corrected chi connectivity index (χ3v) is 13.1. The van der Waals surface area contributed by atoms with Crippen molar-refractivity contribution in [1.82, 2.24) is 0 Å². The van der Waals surface area contributed by atoms with Crippen molar-refractivity contribution >= 4 is 5.97 Å². The minimum Gasteiger partial charge on any atom is -0.465 e. The molecule has 0 spiro atoms. The molecule has 0 aromatic rings. The van der Waals surface area contributed by atoms with Gasteiger partial charge >= 0.3 is 5.97 Å². The highest BCUT2D eigenvalue weighted by atomic mass is 16.5. The fraction of sp³-hybridized carbons (Fsp3) is 0.971. The molecule has 2 nitrogen and oxygen atoms in total. The molecule has 0 N–H and O–H groups in total. The normalized spacial score (nSPS) is 39.7. The molecular weight excluding hydrogens is 452 g/mol. The Bertz CT molecular complexity index is 731. The van der Waals surface area contributed by atoms with Gasteiger partial charge in [0.1, 0.15) is 0 Å². The number of fused-ring (bicyclic) bond motifs is 5. The molecule has 2 unspecified atom stereocenters. The number of carbonyl (C=O) groups excluding carboxylic acids is 1. The molecule has 37 heavy (non-hydrogen) atoms. The molecule has 0 saturated heterocycles. The lowest BCUT2D eigenvalue weighted by Crippen LogP contribution is -2.53. The van der Waals surface area contributed by atoms with Gasteiger partial charge in [-0.25, -0.2) is 0 Å². The molecule has 4 fully saturated rings. The largest absolute Gasteiger partial charge is 0.465 e. The molecule has 4 saturated carbocycles. The number of rotatable bonds is 12. The Morgan fingerprint density at radius 1 is 0.811 bits per heavy atom.